The highest BCUT2D eigenvalue weighted by molar-refractivity contribution is 7.91. The number of hydrogen-bond acceptors (Lipinski definition) is 6. The minimum Gasteiger partial charge on any atom is -0.494 e. The SMILES string of the molecule is CCCCCOc1ccc(C2c3c(oc4c(C)cc(C)cc4c3=O)C(=O)N2C2CCS(=O)(=O)C2)cc1. The molecule has 3 aromatic rings. The Morgan fingerprint density at radius 3 is 2.50 bits per heavy atom. The van der Waals surface area contributed by atoms with E-state index in [1.165, 1.54) is 0 Å². The van der Waals surface area contributed by atoms with Crippen molar-refractivity contribution in [3.63, 3.8) is 0 Å². The Morgan fingerprint density at radius 1 is 1.08 bits per heavy atom. The van der Waals surface area contributed by atoms with Gasteiger partial charge in [-0.15, -0.1) is 0 Å². The number of fused-ring (bicyclic) bond motifs is 2. The van der Waals surface area contributed by atoms with Crippen LogP contribution in [0, 0.1) is 13.8 Å². The molecule has 1 aromatic heterocycles. The molecule has 7 nitrogen and oxygen atoms in total. The van der Waals surface area contributed by atoms with Crippen molar-refractivity contribution < 1.29 is 22.4 Å². The zero-order valence-electron chi connectivity index (χ0n) is 20.9. The second-order valence-corrected chi connectivity index (χ2v) is 12.2. The summed E-state index contributed by atoms with van der Waals surface area (Å²) in [4.78, 5) is 29.1. The van der Waals surface area contributed by atoms with Crippen molar-refractivity contribution in [2.24, 2.45) is 0 Å². The Morgan fingerprint density at radius 2 is 1.83 bits per heavy atom. The van der Waals surface area contributed by atoms with Gasteiger partial charge in [0.15, 0.2) is 15.3 Å². The molecule has 0 aliphatic carbocycles. The summed E-state index contributed by atoms with van der Waals surface area (Å²) in [5.74, 6) is 0.195. The third kappa shape index (κ3) is 4.32. The number of benzene rings is 2. The van der Waals surface area contributed by atoms with Crippen LogP contribution in [0.3, 0.4) is 0 Å². The minimum absolute atomic E-state index is 0.00800. The summed E-state index contributed by atoms with van der Waals surface area (Å²) in [7, 11) is -3.25. The Labute approximate surface area is 211 Å². The fourth-order valence-corrected chi connectivity index (χ4v) is 7.14. The van der Waals surface area contributed by atoms with Gasteiger partial charge in [-0.1, -0.05) is 38.0 Å². The molecule has 36 heavy (non-hydrogen) atoms. The standard InChI is InChI=1S/C28H31NO6S/c1-4-5-6-12-34-21-9-7-19(8-10-21)24-23-25(30)22-15-17(2)14-18(3)26(22)35-27(23)28(31)29(24)20-11-13-36(32,33)16-20/h7-10,14-15,20,24H,4-6,11-13,16H2,1-3H3. The molecule has 190 valence electrons. The van der Waals surface area contributed by atoms with E-state index in [1.807, 2.05) is 44.2 Å². The van der Waals surface area contributed by atoms with Crippen LogP contribution in [-0.4, -0.2) is 43.4 Å². The number of ether oxygens (including phenoxy) is 1. The number of unbranched alkanes of at least 4 members (excludes halogenated alkanes) is 2. The van der Waals surface area contributed by atoms with Crippen molar-refractivity contribution in [2.45, 2.75) is 58.5 Å². The van der Waals surface area contributed by atoms with E-state index in [-0.39, 0.29) is 28.3 Å². The molecule has 0 saturated carbocycles. The van der Waals surface area contributed by atoms with E-state index in [0.717, 1.165) is 36.0 Å². The van der Waals surface area contributed by atoms with Gasteiger partial charge in [0.2, 0.25) is 5.76 Å². The quantitative estimate of drug-likeness (QED) is 0.428. The van der Waals surface area contributed by atoms with Crippen molar-refractivity contribution in [2.75, 3.05) is 18.1 Å². The van der Waals surface area contributed by atoms with E-state index in [1.54, 1.807) is 11.0 Å². The van der Waals surface area contributed by atoms with Gasteiger partial charge >= 0.3 is 0 Å². The van der Waals surface area contributed by atoms with Crippen LogP contribution in [0.2, 0.25) is 0 Å². The highest BCUT2D eigenvalue weighted by Crippen LogP contribution is 2.42. The zero-order valence-corrected chi connectivity index (χ0v) is 21.7. The Hall–Kier alpha value is -3.13. The second-order valence-electron chi connectivity index (χ2n) is 9.93. The third-order valence-corrected chi connectivity index (χ3v) is 8.90. The molecule has 5 rings (SSSR count). The summed E-state index contributed by atoms with van der Waals surface area (Å²) < 4.78 is 36.6. The lowest BCUT2D eigenvalue weighted by molar-refractivity contribution is 0.0662. The summed E-state index contributed by atoms with van der Waals surface area (Å²) in [5.41, 5.74) is 2.85. The maximum Gasteiger partial charge on any atom is 0.291 e. The van der Waals surface area contributed by atoms with Crippen LogP contribution in [0.4, 0.5) is 0 Å². The first kappa shape index (κ1) is 24.6. The van der Waals surface area contributed by atoms with Gasteiger partial charge in [0.05, 0.1) is 35.1 Å². The first-order valence-corrected chi connectivity index (χ1v) is 14.4. The Balaban J connectivity index is 1.61. The van der Waals surface area contributed by atoms with Crippen LogP contribution < -0.4 is 10.2 Å². The number of carbonyl (C=O) groups excluding carboxylic acids is 1. The summed E-state index contributed by atoms with van der Waals surface area (Å²) in [5, 5.41) is 0.431. The molecule has 0 N–H and O–H groups in total. The fourth-order valence-electron chi connectivity index (χ4n) is 5.43. The number of amides is 1. The molecule has 1 fully saturated rings. The Kier molecular flexibility index (Phi) is 6.41. The molecule has 2 atom stereocenters. The average molecular weight is 510 g/mol. The molecule has 2 aromatic carbocycles. The van der Waals surface area contributed by atoms with E-state index in [2.05, 4.69) is 6.92 Å². The monoisotopic (exact) mass is 509 g/mol. The van der Waals surface area contributed by atoms with Gasteiger partial charge in [0.25, 0.3) is 5.91 Å². The van der Waals surface area contributed by atoms with Crippen LogP contribution in [0.5, 0.6) is 5.75 Å². The zero-order chi connectivity index (χ0) is 25.6. The topological polar surface area (TPSA) is 93.9 Å². The summed E-state index contributed by atoms with van der Waals surface area (Å²) >= 11 is 0. The summed E-state index contributed by atoms with van der Waals surface area (Å²) in [6, 6.07) is 9.83. The molecule has 8 heteroatoms. The smallest absolute Gasteiger partial charge is 0.291 e. The number of carbonyl (C=O) groups is 1. The van der Waals surface area contributed by atoms with Crippen molar-refractivity contribution in [3.8, 4) is 5.75 Å². The molecule has 2 aliphatic heterocycles. The number of hydrogen-bond donors (Lipinski definition) is 0. The molecule has 1 saturated heterocycles. The lowest BCUT2D eigenvalue weighted by atomic mass is 9.96. The molecule has 0 spiro atoms. The van der Waals surface area contributed by atoms with E-state index < -0.39 is 27.8 Å². The maximum atomic E-state index is 13.8. The van der Waals surface area contributed by atoms with Gasteiger partial charge in [-0.2, -0.15) is 0 Å². The van der Waals surface area contributed by atoms with Crippen molar-refractivity contribution >= 4 is 26.7 Å². The van der Waals surface area contributed by atoms with Crippen LogP contribution in [-0.2, 0) is 9.84 Å². The minimum atomic E-state index is -3.25. The van der Waals surface area contributed by atoms with Gasteiger partial charge in [-0.3, -0.25) is 9.59 Å². The lowest BCUT2D eigenvalue weighted by Gasteiger charge is -2.30. The van der Waals surface area contributed by atoms with Crippen molar-refractivity contribution in [3.05, 3.63) is 74.6 Å². The van der Waals surface area contributed by atoms with E-state index in [4.69, 9.17) is 9.15 Å². The lowest BCUT2D eigenvalue weighted by Crippen LogP contribution is -2.40. The Bertz CT molecular complexity index is 1490. The van der Waals surface area contributed by atoms with E-state index in [9.17, 15) is 18.0 Å². The summed E-state index contributed by atoms with van der Waals surface area (Å²) in [6.07, 6.45) is 3.52. The highest BCUT2D eigenvalue weighted by atomic mass is 32.2. The molecule has 0 radical (unpaired) electrons. The molecule has 2 unspecified atom stereocenters. The van der Waals surface area contributed by atoms with Crippen LogP contribution in [0.1, 0.15) is 71.5 Å². The molecule has 3 heterocycles. The number of aryl methyl sites for hydroxylation is 2. The predicted octanol–water partition coefficient (Wildman–Crippen LogP) is 4.71. The van der Waals surface area contributed by atoms with Gasteiger partial charge in [0.1, 0.15) is 11.3 Å². The predicted molar refractivity (Wildman–Crippen MR) is 138 cm³/mol. The van der Waals surface area contributed by atoms with Gasteiger partial charge in [-0.05, 0) is 61.6 Å². The average Bonchev–Trinajstić information content (AvgIpc) is 3.34. The van der Waals surface area contributed by atoms with Gasteiger partial charge in [0, 0.05) is 6.04 Å². The number of nitrogens with zero attached hydrogens (tertiary/aromatic N) is 1. The maximum absolute atomic E-state index is 13.8. The highest BCUT2D eigenvalue weighted by Gasteiger charge is 2.48. The number of rotatable bonds is 7. The van der Waals surface area contributed by atoms with E-state index in [0.29, 0.717) is 29.7 Å². The molecule has 1 amide bonds. The molecule has 2 aliphatic rings. The second kappa shape index (κ2) is 9.39. The largest absolute Gasteiger partial charge is 0.494 e. The van der Waals surface area contributed by atoms with Crippen LogP contribution in [0.25, 0.3) is 11.0 Å². The van der Waals surface area contributed by atoms with Gasteiger partial charge < -0.3 is 14.1 Å². The molecule has 0 bridgehead atoms. The molecular formula is C28H31NO6S. The normalized spacial score (nSPS) is 20.8. The number of sulfone groups is 1. The molecular weight excluding hydrogens is 478 g/mol. The van der Waals surface area contributed by atoms with Crippen LogP contribution >= 0.6 is 0 Å². The van der Waals surface area contributed by atoms with Crippen LogP contribution in [0.15, 0.2) is 45.6 Å². The first-order chi connectivity index (χ1) is 17.2. The van der Waals surface area contributed by atoms with Crippen molar-refractivity contribution in [1.29, 1.82) is 0 Å². The van der Waals surface area contributed by atoms with Crippen molar-refractivity contribution in [1.82, 2.24) is 4.90 Å². The van der Waals surface area contributed by atoms with E-state index >= 15 is 0 Å². The third-order valence-electron chi connectivity index (χ3n) is 7.15. The summed E-state index contributed by atoms with van der Waals surface area (Å²) in [6.45, 7) is 6.52. The fraction of sp³-hybridized carbons (Fsp3) is 0.429. The first-order valence-electron chi connectivity index (χ1n) is 12.5. The van der Waals surface area contributed by atoms with Gasteiger partial charge in [-0.25, -0.2) is 8.42 Å².